The van der Waals surface area contributed by atoms with E-state index in [0.717, 1.165) is 18.7 Å². The second-order valence-corrected chi connectivity index (χ2v) is 8.42. The second-order valence-electron chi connectivity index (χ2n) is 8.42. The minimum Gasteiger partial charge on any atom is -0.341 e. The molecule has 0 spiro atoms. The Morgan fingerprint density at radius 3 is 2.31 bits per heavy atom. The topological polar surface area (TPSA) is 17.8 Å². The summed E-state index contributed by atoms with van der Waals surface area (Å²) in [5, 5.41) is 1.33. The van der Waals surface area contributed by atoms with Crippen LogP contribution in [0.25, 0.3) is 10.9 Å². The Bertz CT molecular complexity index is 1090. The van der Waals surface area contributed by atoms with Crippen molar-refractivity contribution >= 4 is 10.9 Å². The summed E-state index contributed by atoms with van der Waals surface area (Å²) in [6.45, 7) is 10.1. The predicted molar refractivity (Wildman–Crippen MR) is 122 cm³/mol. The number of fused-ring (bicyclic) bond motifs is 1. The van der Waals surface area contributed by atoms with E-state index >= 15 is 0 Å². The van der Waals surface area contributed by atoms with Gasteiger partial charge in [0.1, 0.15) is 0 Å². The molecule has 2 nitrogen and oxygen atoms in total. The fraction of sp³-hybridized carbons (Fsp3) is 0.296. The molecule has 29 heavy (non-hydrogen) atoms. The highest BCUT2D eigenvalue weighted by Gasteiger charge is 2.35. The van der Waals surface area contributed by atoms with E-state index in [2.05, 4.69) is 104 Å². The average Bonchev–Trinajstić information content (AvgIpc) is 3.13. The van der Waals surface area contributed by atoms with Crippen LogP contribution in [0.4, 0.5) is 0 Å². The molecule has 2 aromatic heterocycles. The number of aryl methyl sites for hydroxylation is 1. The molecule has 0 saturated heterocycles. The van der Waals surface area contributed by atoms with E-state index in [0.29, 0.717) is 5.92 Å². The van der Waals surface area contributed by atoms with E-state index in [9.17, 15) is 0 Å². The second kappa shape index (κ2) is 7.87. The van der Waals surface area contributed by atoms with Crippen molar-refractivity contribution in [2.24, 2.45) is 5.92 Å². The maximum atomic E-state index is 4.54. The van der Waals surface area contributed by atoms with Gasteiger partial charge in [-0.25, -0.2) is 0 Å². The Kier molecular flexibility index (Phi) is 5.27. The number of hydrogen-bond donors (Lipinski definition) is 0. The molecule has 0 fully saturated rings. The molecule has 4 aromatic rings. The van der Waals surface area contributed by atoms with Gasteiger partial charge in [0.2, 0.25) is 0 Å². The van der Waals surface area contributed by atoms with Crippen molar-refractivity contribution in [3.8, 4) is 0 Å². The summed E-state index contributed by atoms with van der Waals surface area (Å²) in [6.07, 6.45) is 5.30. The number of pyridine rings is 1. The van der Waals surface area contributed by atoms with Crippen LogP contribution < -0.4 is 0 Å². The summed E-state index contributed by atoms with van der Waals surface area (Å²) in [5.41, 5.74) is 6.44. The van der Waals surface area contributed by atoms with E-state index in [1.165, 1.54) is 27.6 Å². The van der Waals surface area contributed by atoms with Gasteiger partial charge in [-0.2, -0.15) is 0 Å². The van der Waals surface area contributed by atoms with Crippen LogP contribution in [-0.4, -0.2) is 9.55 Å². The third-order valence-corrected chi connectivity index (χ3v) is 6.52. The minimum absolute atomic E-state index is 0.0682. The smallest absolute Gasteiger partial charge is 0.0648 e. The van der Waals surface area contributed by atoms with Gasteiger partial charge in [-0.3, -0.25) is 4.98 Å². The average molecular weight is 383 g/mol. The first-order valence-electron chi connectivity index (χ1n) is 10.6. The molecular weight excluding hydrogens is 352 g/mol. The molecular formula is C27H30N2. The fourth-order valence-electron chi connectivity index (χ4n) is 4.34. The van der Waals surface area contributed by atoms with Crippen molar-refractivity contribution in [1.29, 1.82) is 0 Å². The van der Waals surface area contributed by atoms with Crippen LogP contribution in [0, 0.1) is 5.92 Å². The van der Waals surface area contributed by atoms with Gasteiger partial charge < -0.3 is 4.57 Å². The molecule has 0 aliphatic rings. The highest BCUT2D eigenvalue weighted by molar-refractivity contribution is 5.86. The molecule has 1 unspecified atom stereocenters. The van der Waals surface area contributed by atoms with E-state index in [-0.39, 0.29) is 5.41 Å². The van der Waals surface area contributed by atoms with Crippen molar-refractivity contribution in [2.45, 2.75) is 46.1 Å². The highest BCUT2D eigenvalue weighted by Crippen LogP contribution is 2.43. The first-order valence-corrected chi connectivity index (χ1v) is 10.6. The molecule has 2 aromatic carbocycles. The van der Waals surface area contributed by atoms with Gasteiger partial charge in [0.15, 0.2) is 0 Å². The van der Waals surface area contributed by atoms with Gasteiger partial charge in [-0.05, 0) is 47.2 Å². The normalized spacial score (nSPS) is 13.7. The lowest BCUT2D eigenvalue weighted by atomic mass is 9.68. The van der Waals surface area contributed by atoms with Crippen molar-refractivity contribution in [3.05, 3.63) is 102 Å². The molecule has 0 radical (unpaired) electrons. The lowest BCUT2D eigenvalue weighted by Gasteiger charge is -2.35. The largest absolute Gasteiger partial charge is 0.341 e. The molecule has 0 aliphatic heterocycles. The Morgan fingerprint density at radius 2 is 1.66 bits per heavy atom. The molecule has 0 bridgehead atoms. The lowest BCUT2D eigenvalue weighted by molar-refractivity contribution is 0.407. The minimum atomic E-state index is -0.0682. The number of benzene rings is 2. The standard InChI is InChI=1S/C27H30N2/c1-5-21-13-15-22(16-14-21)27(4,20(2)3)25-19-29(18-23-10-8-9-17-28-23)26-12-7-6-11-24(25)26/h6-17,19-20H,5,18H2,1-4H3. The van der Waals surface area contributed by atoms with Crippen LogP contribution in [0.15, 0.2) is 79.1 Å². The molecule has 2 heterocycles. The first kappa shape index (κ1) is 19.4. The van der Waals surface area contributed by atoms with Gasteiger partial charge in [-0.15, -0.1) is 0 Å². The third kappa shape index (κ3) is 3.48. The van der Waals surface area contributed by atoms with Crippen LogP contribution in [-0.2, 0) is 18.4 Å². The zero-order chi connectivity index (χ0) is 20.4. The molecule has 148 valence electrons. The van der Waals surface area contributed by atoms with Crippen molar-refractivity contribution in [3.63, 3.8) is 0 Å². The maximum absolute atomic E-state index is 4.54. The highest BCUT2D eigenvalue weighted by atomic mass is 15.0. The third-order valence-electron chi connectivity index (χ3n) is 6.52. The molecule has 2 heteroatoms. The quantitative estimate of drug-likeness (QED) is 0.367. The van der Waals surface area contributed by atoms with E-state index in [4.69, 9.17) is 0 Å². The molecule has 1 atom stereocenters. The molecule has 0 amide bonds. The zero-order valence-electron chi connectivity index (χ0n) is 17.9. The monoisotopic (exact) mass is 382 g/mol. The van der Waals surface area contributed by atoms with Gasteiger partial charge in [-0.1, -0.05) is 76.2 Å². The van der Waals surface area contributed by atoms with Crippen molar-refractivity contribution in [1.82, 2.24) is 9.55 Å². The van der Waals surface area contributed by atoms with Crippen molar-refractivity contribution in [2.75, 3.05) is 0 Å². The van der Waals surface area contributed by atoms with E-state index in [1.807, 2.05) is 12.3 Å². The molecule has 0 saturated carbocycles. The summed E-state index contributed by atoms with van der Waals surface area (Å²) in [6, 6.07) is 24.1. The van der Waals surface area contributed by atoms with Gasteiger partial charge in [0.05, 0.1) is 12.2 Å². The fourth-order valence-corrected chi connectivity index (χ4v) is 4.34. The number of aromatic nitrogens is 2. The lowest BCUT2D eigenvalue weighted by Crippen LogP contribution is -2.30. The Morgan fingerprint density at radius 1 is 0.931 bits per heavy atom. The summed E-state index contributed by atoms with van der Waals surface area (Å²) in [7, 11) is 0. The van der Waals surface area contributed by atoms with E-state index in [1.54, 1.807) is 0 Å². The molecule has 0 aliphatic carbocycles. The number of nitrogens with zero attached hydrogens (tertiary/aromatic N) is 2. The van der Waals surface area contributed by atoms with Gasteiger partial charge >= 0.3 is 0 Å². The van der Waals surface area contributed by atoms with Crippen LogP contribution in [0.1, 0.15) is 50.1 Å². The van der Waals surface area contributed by atoms with Crippen LogP contribution in [0.2, 0.25) is 0 Å². The number of para-hydroxylation sites is 1. The number of rotatable bonds is 6. The molecule has 4 rings (SSSR count). The Hall–Kier alpha value is -2.87. The van der Waals surface area contributed by atoms with Crippen molar-refractivity contribution < 1.29 is 0 Å². The van der Waals surface area contributed by atoms with Crippen LogP contribution in [0.5, 0.6) is 0 Å². The van der Waals surface area contributed by atoms with Crippen LogP contribution >= 0.6 is 0 Å². The van der Waals surface area contributed by atoms with Gasteiger partial charge in [0.25, 0.3) is 0 Å². The Labute approximate surface area is 174 Å². The SMILES string of the molecule is CCc1ccc(C(C)(c2cn(Cc3ccccn3)c3ccccc23)C(C)C)cc1. The number of hydrogen-bond acceptors (Lipinski definition) is 1. The summed E-state index contributed by atoms with van der Waals surface area (Å²) >= 11 is 0. The molecule has 0 N–H and O–H groups in total. The Balaban J connectivity index is 1.88. The summed E-state index contributed by atoms with van der Waals surface area (Å²) in [4.78, 5) is 4.54. The van der Waals surface area contributed by atoms with Gasteiger partial charge in [0, 0.05) is 28.7 Å². The predicted octanol–water partition coefficient (Wildman–Crippen LogP) is 6.61. The summed E-state index contributed by atoms with van der Waals surface area (Å²) in [5.74, 6) is 0.462. The maximum Gasteiger partial charge on any atom is 0.0648 e. The van der Waals surface area contributed by atoms with Crippen LogP contribution in [0.3, 0.4) is 0 Å². The zero-order valence-corrected chi connectivity index (χ0v) is 17.9. The first-order chi connectivity index (χ1) is 14.0. The summed E-state index contributed by atoms with van der Waals surface area (Å²) < 4.78 is 2.36. The van der Waals surface area contributed by atoms with E-state index < -0.39 is 0 Å².